The molecule has 172 valence electrons. The molecule has 0 amide bonds. The van der Waals surface area contributed by atoms with Gasteiger partial charge >= 0.3 is 6.18 Å². The summed E-state index contributed by atoms with van der Waals surface area (Å²) in [7, 11) is -0.803. The van der Waals surface area contributed by atoms with Crippen molar-refractivity contribution in [3.8, 4) is 17.6 Å². The van der Waals surface area contributed by atoms with Gasteiger partial charge in [0.25, 0.3) is 0 Å². The average molecular weight is 487 g/mol. The lowest BCUT2D eigenvalue weighted by atomic mass is 10.1. The number of alkyl halides is 3. The first kappa shape index (κ1) is 24.0. The van der Waals surface area contributed by atoms with Gasteiger partial charge < -0.3 is 19.8 Å². The molecule has 0 atom stereocenters. The van der Waals surface area contributed by atoms with Crippen molar-refractivity contribution in [2.45, 2.75) is 12.9 Å². The number of nitriles is 1. The van der Waals surface area contributed by atoms with E-state index in [4.69, 9.17) is 26.8 Å². The van der Waals surface area contributed by atoms with Crippen LogP contribution in [-0.2, 0) is 17.6 Å². The van der Waals surface area contributed by atoms with Crippen LogP contribution in [0, 0.1) is 11.3 Å². The molecule has 0 unspecified atom stereocenters. The van der Waals surface area contributed by atoms with E-state index < -0.39 is 21.8 Å². The fourth-order valence-electron chi connectivity index (χ4n) is 2.93. The number of pyridine rings is 1. The lowest BCUT2D eigenvalue weighted by Gasteiger charge is -2.24. The van der Waals surface area contributed by atoms with Crippen molar-refractivity contribution < 1.29 is 22.6 Å². The molecule has 3 aromatic rings. The van der Waals surface area contributed by atoms with Crippen molar-refractivity contribution in [2.24, 2.45) is 0 Å². The van der Waals surface area contributed by atoms with E-state index in [2.05, 4.69) is 23.8 Å². The van der Waals surface area contributed by atoms with Crippen LogP contribution in [0.1, 0.15) is 11.1 Å². The maximum absolute atomic E-state index is 13.9. The Hall–Kier alpha value is -2.61. The Morgan fingerprint density at radius 1 is 1.22 bits per heavy atom. The van der Waals surface area contributed by atoms with E-state index in [1.807, 2.05) is 6.07 Å². The highest BCUT2D eigenvalue weighted by molar-refractivity contribution is 8.32. The van der Waals surface area contributed by atoms with Crippen molar-refractivity contribution in [3.05, 3.63) is 46.7 Å². The van der Waals surface area contributed by atoms with Crippen molar-refractivity contribution >= 4 is 38.3 Å². The molecule has 2 aromatic heterocycles. The molecule has 11 heteroatoms. The monoisotopic (exact) mass is 486 g/mol. The number of nitrogens with zero attached hydrogens (tertiary/aromatic N) is 3. The lowest BCUT2D eigenvalue weighted by Crippen LogP contribution is -2.10. The number of aromatic nitrogens is 2. The average Bonchev–Trinajstić information content (AvgIpc) is 3.05. The van der Waals surface area contributed by atoms with Crippen LogP contribution in [0.25, 0.3) is 11.0 Å². The predicted octanol–water partition coefficient (Wildman–Crippen LogP) is 5.62. The highest BCUT2D eigenvalue weighted by Gasteiger charge is 2.37. The molecule has 3 rings (SSSR count). The maximum atomic E-state index is 13.9. The highest BCUT2D eigenvalue weighted by atomic mass is 35.5. The number of nitrogens with two attached hydrogens (primary N) is 1. The zero-order valence-electron chi connectivity index (χ0n) is 17.7. The minimum Gasteiger partial charge on any atom is -0.455 e. The van der Waals surface area contributed by atoms with Gasteiger partial charge in [0, 0.05) is 23.7 Å². The van der Waals surface area contributed by atoms with Crippen LogP contribution in [0.3, 0.4) is 0 Å². The molecule has 1 aromatic carbocycles. The highest BCUT2D eigenvalue weighted by Crippen LogP contribution is 2.42. The molecule has 2 N–H and O–H groups in total. The van der Waals surface area contributed by atoms with E-state index in [0.29, 0.717) is 12.3 Å². The Kier molecular flexibility index (Phi) is 6.83. The van der Waals surface area contributed by atoms with Crippen LogP contribution in [-0.4, -0.2) is 40.7 Å². The van der Waals surface area contributed by atoms with E-state index in [0.717, 1.165) is 11.9 Å². The van der Waals surface area contributed by atoms with Gasteiger partial charge in [0.2, 0.25) is 0 Å². The van der Waals surface area contributed by atoms with Gasteiger partial charge in [-0.25, -0.2) is 15.0 Å². The third-order valence-electron chi connectivity index (χ3n) is 4.48. The van der Waals surface area contributed by atoms with Crippen LogP contribution in [0.2, 0.25) is 5.15 Å². The molecular formula is C21H22ClF3N4O2S. The Morgan fingerprint density at radius 2 is 1.94 bits per heavy atom. The van der Waals surface area contributed by atoms with Crippen LogP contribution in [0.5, 0.6) is 11.5 Å². The second-order valence-electron chi connectivity index (χ2n) is 7.95. The third-order valence-corrected chi connectivity index (χ3v) is 6.06. The van der Waals surface area contributed by atoms with E-state index in [9.17, 15) is 18.4 Å². The Morgan fingerprint density at radius 3 is 2.56 bits per heavy atom. The van der Waals surface area contributed by atoms with Gasteiger partial charge in [-0.1, -0.05) is 11.6 Å². The molecule has 0 saturated carbocycles. The fourth-order valence-corrected chi connectivity index (χ4v) is 3.73. The summed E-state index contributed by atoms with van der Waals surface area (Å²) < 4.78 is 54.2. The van der Waals surface area contributed by atoms with Gasteiger partial charge in [0.1, 0.15) is 35.1 Å². The minimum atomic E-state index is -4.67. The predicted molar refractivity (Wildman–Crippen MR) is 122 cm³/mol. The van der Waals surface area contributed by atoms with Crippen molar-refractivity contribution in [1.82, 2.24) is 9.55 Å². The fraction of sp³-hybridized carbons (Fsp3) is 0.333. The van der Waals surface area contributed by atoms with Crippen molar-refractivity contribution in [3.63, 3.8) is 0 Å². The lowest BCUT2D eigenvalue weighted by molar-refractivity contribution is -0.136. The number of ether oxygens (including phenoxy) is 2. The Bertz CT molecular complexity index is 1180. The molecular weight excluding hydrogens is 465 g/mol. The Labute approximate surface area is 190 Å². The quantitative estimate of drug-likeness (QED) is 0.266. The SMILES string of the molecule is CS(C)(C)CCOCn1cc(C(F)(F)F)c2c(Oc3ccc(N)cc3C#N)cc(Cl)nc21. The first-order valence-corrected chi connectivity index (χ1v) is 12.8. The molecule has 0 aliphatic carbocycles. The first-order chi connectivity index (χ1) is 14.9. The number of nitrogen functional groups attached to an aromatic ring is 1. The standard InChI is InChI=1S/C21H22ClF3N4O2S/c1-32(2,3)7-6-30-12-29-11-15(21(23,24)25)19-17(9-18(22)28-20(19)29)31-16-5-4-14(27)8-13(16)10-26/h4-5,8-9,11H,6-7,12,27H2,1-3H3. The van der Waals surface area contributed by atoms with Crippen molar-refractivity contribution in [1.29, 1.82) is 5.26 Å². The molecule has 0 bridgehead atoms. The topological polar surface area (TPSA) is 86.1 Å². The number of anilines is 1. The summed E-state index contributed by atoms with van der Waals surface area (Å²) in [5.41, 5.74) is 5.11. The molecule has 0 aliphatic rings. The normalized spacial score (nSPS) is 12.7. The molecule has 6 nitrogen and oxygen atoms in total. The number of hydrogen-bond acceptors (Lipinski definition) is 5. The molecule has 0 fully saturated rings. The van der Waals surface area contributed by atoms with E-state index in [1.165, 1.54) is 28.8 Å². The second-order valence-corrected chi connectivity index (χ2v) is 12.9. The van der Waals surface area contributed by atoms with Gasteiger partial charge in [-0.05, 0) is 37.0 Å². The summed E-state index contributed by atoms with van der Waals surface area (Å²) in [6, 6.07) is 7.37. The summed E-state index contributed by atoms with van der Waals surface area (Å²) in [6.07, 6.45) is 2.63. The van der Waals surface area contributed by atoms with Crippen molar-refractivity contribution in [2.75, 3.05) is 36.9 Å². The van der Waals surface area contributed by atoms with Gasteiger partial charge in [0.15, 0.2) is 0 Å². The Balaban J connectivity index is 2.06. The second kappa shape index (κ2) is 9.10. The summed E-state index contributed by atoms with van der Waals surface area (Å²) in [6.45, 7) is 0.279. The van der Waals surface area contributed by atoms with Crippen LogP contribution < -0.4 is 10.5 Å². The first-order valence-electron chi connectivity index (χ1n) is 9.37. The van der Waals surface area contributed by atoms with E-state index in [1.54, 1.807) is 0 Å². The molecule has 0 spiro atoms. The van der Waals surface area contributed by atoms with Gasteiger partial charge in [-0.2, -0.15) is 18.4 Å². The minimum absolute atomic E-state index is 0.0307. The zero-order chi connectivity index (χ0) is 23.7. The summed E-state index contributed by atoms with van der Waals surface area (Å²) >= 11 is 6.10. The summed E-state index contributed by atoms with van der Waals surface area (Å²) in [4.78, 5) is 4.08. The molecule has 0 aliphatic heterocycles. The zero-order valence-corrected chi connectivity index (χ0v) is 19.2. The molecule has 32 heavy (non-hydrogen) atoms. The molecule has 0 radical (unpaired) electrons. The number of rotatable bonds is 7. The van der Waals surface area contributed by atoms with Gasteiger partial charge in [-0.3, -0.25) is 0 Å². The van der Waals surface area contributed by atoms with Gasteiger partial charge in [-0.15, -0.1) is 0 Å². The van der Waals surface area contributed by atoms with Crippen LogP contribution >= 0.6 is 21.6 Å². The third kappa shape index (κ3) is 5.59. The number of benzene rings is 1. The van der Waals surface area contributed by atoms with Crippen LogP contribution in [0.15, 0.2) is 30.5 Å². The molecule has 0 saturated heterocycles. The number of hydrogen-bond donors (Lipinski definition) is 1. The number of halogens is 4. The summed E-state index contributed by atoms with van der Waals surface area (Å²) in [5.74, 6) is 0.691. The maximum Gasteiger partial charge on any atom is 0.418 e. The summed E-state index contributed by atoms with van der Waals surface area (Å²) in [5, 5.41) is 9.00. The van der Waals surface area contributed by atoms with E-state index in [-0.39, 0.29) is 40.0 Å². The smallest absolute Gasteiger partial charge is 0.418 e. The molecule has 2 heterocycles. The number of fused-ring (bicyclic) bond motifs is 1. The largest absolute Gasteiger partial charge is 0.455 e. The van der Waals surface area contributed by atoms with E-state index >= 15 is 0 Å². The van der Waals surface area contributed by atoms with Gasteiger partial charge in [0.05, 0.1) is 23.1 Å². The van der Waals surface area contributed by atoms with Crippen LogP contribution in [0.4, 0.5) is 18.9 Å².